The highest BCUT2D eigenvalue weighted by Gasteiger charge is 2.39. The van der Waals surface area contributed by atoms with E-state index in [4.69, 9.17) is 5.73 Å². The molecule has 1 saturated carbocycles. The molecule has 0 heterocycles. The zero-order chi connectivity index (χ0) is 12.0. The van der Waals surface area contributed by atoms with E-state index in [2.05, 4.69) is 15.9 Å². The molecule has 2 rings (SSSR count). The summed E-state index contributed by atoms with van der Waals surface area (Å²) >= 11 is 3.16. The van der Waals surface area contributed by atoms with Gasteiger partial charge in [0.1, 0.15) is 0 Å². The summed E-state index contributed by atoms with van der Waals surface area (Å²) in [6.45, 7) is 0. The number of nitrogens with two attached hydrogens (primary N) is 1. The number of benzene rings is 1. The Bertz CT molecular complexity index is 410. The van der Waals surface area contributed by atoms with Crippen LogP contribution in [0.4, 0.5) is 13.2 Å². The molecule has 0 bridgehead atoms. The van der Waals surface area contributed by atoms with Crippen LogP contribution < -0.4 is 5.73 Å². The standard InChI is InChI=1S/C11H11BrF3N/c12-9-5-8(11(13,14)15)2-1-7(9)6-10(16)3-4-10/h1-2,5H,3-4,6,16H2. The van der Waals surface area contributed by atoms with Crippen molar-refractivity contribution in [2.24, 2.45) is 5.73 Å². The van der Waals surface area contributed by atoms with Crippen LogP contribution >= 0.6 is 15.9 Å². The van der Waals surface area contributed by atoms with Gasteiger partial charge >= 0.3 is 6.18 Å². The molecule has 88 valence electrons. The SMILES string of the molecule is NC1(Cc2ccc(C(F)(F)F)cc2Br)CC1. The summed E-state index contributed by atoms with van der Waals surface area (Å²) in [6.07, 6.45) is -1.77. The maximum absolute atomic E-state index is 12.4. The minimum absolute atomic E-state index is 0.192. The summed E-state index contributed by atoms with van der Waals surface area (Å²) in [7, 11) is 0. The highest BCUT2D eigenvalue weighted by Crippen LogP contribution is 2.38. The summed E-state index contributed by atoms with van der Waals surface area (Å²) in [5.41, 5.74) is 5.94. The second-order valence-corrected chi connectivity index (χ2v) is 5.20. The van der Waals surface area contributed by atoms with Crippen LogP contribution in [0, 0.1) is 0 Å². The Morgan fingerprint density at radius 3 is 2.38 bits per heavy atom. The molecule has 0 aliphatic heterocycles. The fourth-order valence-electron chi connectivity index (χ4n) is 1.58. The predicted molar refractivity (Wildman–Crippen MR) is 59.0 cm³/mol. The van der Waals surface area contributed by atoms with E-state index in [1.165, 1.54) is 6.07 Å². The Morgan fingerprint density at radius 1 is 1.31 bits per heavy atom. The number of rotatable bonds is 2. The molecular formula is C11H11BrF3N. The zero-order valence-electron chi connectivity index (χ0n) is 8.44. The first kappa shape index (κ1) is 11.9. The van der Waals surface area contributed by atoms with Gasteiger partial charge in [-0.05, 0) is 37.0 Å². The van der Waals surface area contributed by atoms with Crippen LogP contribution in [0.2, 0.25) is 0 Å². The van der Waals surface area contributed by atoms with E-state index in [0.29, 0.717) is 10.9 Å². The summed E-state index contributed by atoms with van der Waals surface area (Å²) < 4.78 is 37.7. The molecule has 0 spiro atoms. The molecule has 0 atom stereocenters. The van der Waals surface area contributed by atoms with Crippen molar-refractivity contribution in [3.63, 3.8) is 0 Å². The number of hydrogen-bond donors (Lipinski definition) is 1. The Labute approximate surface area is 100.0 Å². The monoisotopic (exact) mass is 293 g/mol. The number of alkyl halides is 3. The molecule has 0 aromatic heterocycles. The van der Waals surface area contributed by atoms with Crippen molar-refractivity contribution in [3.05, 3.63) is 33.8 Å². The molecule has 1 aliphatic rings. The minimum Gasteiger partial charge on any atom is -0.325 e. The van der Waals surface area contributed by atoms with Crippen molar-refractivity contribution in [1.82, 2.24) is 0 Å². The Kier molecular flexibility index (Phi) is 2.78. The van der Waals surface area contributed by atoms with Gasteiger partial charge in [-0.25, -0.2) is 0 Å². The topological polar surface area (TPSA) is 26.0 Å². The lowest BCUT2D eigenvalue weighted by Gasteiger charge is -2.13. The van der Waals surface area contributed by atoms with Crippen molar-refractivity contribution < 1.29 is 13.2 Å². The van der Waals surface area contributed by atoms with Gasteiger partial charge in [0.2, 0.25) is 0 Å². The molecule has 0 saturated heterocycles. The van der Waals surface area contributed by atoms with Gasteiger partial charge in [-0.15, -0.1) is 0 Å². The van der Waals surface area contributed by atoms with Crippen molar-refractivity contribution in [3.8, 4) is 0 Å². The van der Waals surface area contributed by atoms with Crippen molar-refractivity contribution >= 4 is 15.9 Å². The smallest absolute Gasteiger partial charge is 0.325 e. The van der Waals surface area contributed by atoms with Gasteiger partial charge in [0.05, 0.1) is 5.56 Å². The lowest BCUT2D eigenvalue weighted by Crippen LogP contribution is -2.24. The minimum atomic E-state index is -4.29. The van der Waals surface area contributed by atoms with Crippen LogP contribution in [0.5, 0.6) is 0 Å². The van der Waals surface area contributed by atoms with E-state index >= 15 is 0 Å². The van der Waals surface area contributed by atoms with Gasteiger partial charge in [-0.2, -0.15) is 13.2 Å². The molecule has 1 aromatic rings. The Balaban J connectivity index is 2.23. The third-order valence-electron chi connectivity index (χ3n) is 2.82. The maximum Gasteiger partial charge on any atom is 0.416 e. The average Bonchev–Trinajstić information content (AvgIpc) is 2.86. The van der Waals surface area contributed by atoms with E-state index in [9.17, 15) is 13.2 Å². The molecule has 1 aliphatic carbocycles. The first-order chi connectivity index (χ1) is 7.30. The average molecular weight is 294 g/mol. The van der Waals surface area contributed by atoms with Crippen molar-refractivity contribution in [2.45, 2.75) is 31.0 Å². The maximum atomic E-state index is 12.4. The summed E-state index contributed by atoms with van der Waals surface area (Å²) in [5, 5.41) is 0. The number of hydrogen-bond acceptors (Lipinski definition) is 1. The summed E-state index contributed by atoms with van der Waals surface area (Å²) in [6, 6.07) is 3.72. The first-order valence-electron chi connectivity index (χ1n) is 4.95. The molecule has 0 amide bonds. The zero-order valence-corrected chi connectivity index (χ0v) is 10.0. The fraction of sp³-hybridized carbons (Fsp3) is 0.455. The Hall–Kier alpha value is -0.550. The molecule has 2 N–H and O–H groups in total. The summed E-state index contributed by atoms with van der Waals surface area (Å²) in [4.78, 5) is 0. The van der Waals surface area contributed by atoms with E-state index in [0.717, 1.165) is 30.5 Å². The molecule has 1 nitrogen and oxygen atoms in total. The first-order valence-corrected chi connectivity index (χ1v) is 5.74. The largest absolute Gasteiger partial charge is 0.416 e. The molecule has 1 aromatic carbocycles. The quantitative estimate of drug-likeness (QED) is 0.887. The lowest BCUT2D eigenvalue weighted by atomic mass is 10.0. The van der Waals surface area contributed by atoms with Crippen LogP contribution in [-0.4, -0.2) is 5.54 Å². The second-order valence-electron chi connectivity index (χ2n) is 4.34. The molecule has 16 heavy (non-hydrogen) atoms. The van der Waals surface area contributed by atoms with Crippen LogP contribution in [0.3, 0.4) is 0 Å². The van der Waals surface area contributed by atoms with Crippen LogP contribution in [-0.2, 0) is 12.6 Å². The van der Waals surface area contributed by atoms with Gasteiger partial charge in [0.15, 0.2) is 0 Å². The van der Waals surface area contributed by atoms with Crippen molar-refractivity contribution in [1.29, 1.82) is 0 Å². The van der Waals surface area contributed by atoms with Crippen molar-refractivity contribution in [2.75, 3.05) is 0 Å². The lowest BCUT2D eigenvalue weighted by molar-refractivity contribution is -0.137. The number of halogens is 4. The van der Waals surface area contributed by atoms with E-state index in [1.54, 1.807) is 0 Å². The van der Waals surface area contributed by atoms with E-state index in [-0.39, 0.29) is 5.54 Å². The molecule has 5 heteroatoms. The normalized spacial score (nSPS) is 18.6. The third kappa shape index (κ3) is 2.58. The highest BCUT2D eigenvalue weighted by atomic mass is 79.9. The molecule has 0 radical (unpaired) electrons. The van der Waals surface area contributed by atoms with Gasteiger partial charge in [-0.3, -0.25) is 0 Å². The van der Waals surface area contributed by atoms with Gasteiger partial charge in [-0.1, -0.05) is 22.0 Å². The molecule has 0 unspecified atom stereocenters. The molecule has 1 fully saturated rings. The Morgan fingerprint density at radius 2 is 1.94 bits per heavy atom. The van der Waals surface area contributed by atoms with Gasteiger partial charge < -0.3 is 5.73 Å². The third-order valence-corrected chi connectivity index (χ3v) is 3.55. The fourth-order valence-corrected chi connectivity index (χ4v) is 2.10. The summed E-state index contributed by atoms with van der Waals surface area (Å²) in [5.74, 6) is 0. The van der Waals surface area contributed by atoms with Crippen LogP contribution in [0.1, 0.15) is 24.0 Å². The second kappa shape index (κ2) is 3.74. The van der Waals surface area contributed by atoms with E-state index in [1.807, 2.05) is 0 Å². The predicted octanol–water partition coefficient (Wildman–Crippen LogP) is 3.50. The molecular weight excluding hydrogens is 283 g/mol. The van der Waals surface area contributed by atoms with Crippen LogP contribution in [0.15, 0.2) is 22.7 Å². The van der Waals surface area contributed by atoms with Gasteiger partial charge in [0.25, 0.3) is 0 Å². The van der Waals surface area contributed by atoms with Crippen LogP contribution in [0.25, 0.3) is 0 Å². The highest BCUT2D eigenvalue weighted by molar-refractivity contribution is 9.10. The van der Waals surface area contributed by atoms with E-state index < -0.39 is 11.7 Å². The van der Waals surface area contributed by atoms with Gasteiger partial charge in [0, 0.05) is 10.0 Å².